The van der Waals surface area contributed by atoms with Gasteiger partial charge in [0.05, 0.1) is 17.7 Å². The number of carboxylic acid groups (broad SMARTS) is 1. The van der Waals surface area contributed by atoms with Crippen LogP contribution in [0.2, 0.25) is 0 Å². The fraction of sp³-hybridized carbons (Fsp3) is 0.333. The van der Waals surface area contributed by atoms with Crippen LogP contribution in [0.4, 0.5) is 0 Å². The number of rotatable bonds is 5. The number of benzene rings is 1. The number of carbonyl (C=O) groups excluding carboxylic acids is 1. The summed E-state index contributed by atoms with van der Waals surface area (Å²) in [5.74, 6) is -1.94. The maximum absolute atomic E-state index is 11.6. The molecule has 92 valence electrons. The van der Waals surface area contributed by atoms with Crippen molar-refractivity contribution in [2.45, 2.75) is 20.3 Å². The summed E-state index contributed by atoms with van der Waals surface area (Å²) in [6.07, 6.45) is 0.525. The maximum atomic E-state index is 11.6. The zero-order chi connectivity index (χ0) is 12.8. The second-order valence-corrected chi connectivity index (χ2v) is 3.28. The number of hydrogen-bond acceptors (Lipinski definition) is 4. The largest absolute Gasteiger partial charge is 0.478 e. The van der Waals surface area contributed by atoms with Crippen LogP contribution in [0.3, 0.4) is 0 Å². The van der Waals surface area contributed by atoms with Crippen LogP contribution in [0, 0.1) is 0 Å². The maximum Gasteiger partial charge on any atom is 0.373 e. The van der Waals surface area contributed by atoms with Gasteiger partial charge >= 0.3 is 11.9 Å². The number of aryl methyl sites for hydroxylation is 1. The van der Waals surface area contributed by atoms with Crippen LogP contribution < -0.4 is 0 Å². The van der Waals surface area contributed by atoms with Crippen LogP contribution in [0.25, 0.3) is 0 Å². The molecule has 1 aromatic carbocycles. The highest BCUT2D eigenvalue weighted by molar-refractivity contribution is 6.03. The minimum Gasteiger partial charge on any atom is -0.478 e. The van der Waals surface area contributed by atoms with Crippen molar-refractivity contribution in [3.8, 4) is 0 Å². The quantitative estimate of drug-likeness (QED) is 0.627. The highest BCUT2D eigenvalue weighted by atomic mass is 17.2. The van der Waals surface area contributed by atoms with Gasteiger partial charge in [0.2, 0.25) is 0 Å². The van der Waals surface area contributed by atoms with Gasteiger partial charge in [0.15, 0.2) is 0 Å². The van der Waals surface area contributed by atoms with Gasteiger partial charge in [-0.3, -0.25) is 4.89 Å². The summed E-state index contributed by atoms with van der Waals surface area (Å²) in [7, 11) is 0. The molecular formula is C12H14O5. The first-order valence-electron chi connectivity index (χ1n) is 5.30. The zero-order valence-corrected chi connectivity index (χ0v) is 9.73. The van der Waals surface area contributed by atoms with E-state index in [1.54, 1.807) is 19.1 Å². The van der Waals surface area contributed by atoms with E-state index < -0.39 is 11.9 Å². The minimum absolute atomic E-state index is 0.00491. The molecule has 17 heavy (non-hydrogen) atoms. The fourth-order valence-electron chi connectivity index (χ4n) is 1.47. The van der Waals surface area contributed by atoms with Crippen LogP contribution in [-0.4, -0.2) is 23.7 Å². The summed E-state index contributed by atoms with van der Waals surface area (Å²) in [6.45, 7) is 3.69. The number of hydrogen-bond donors (Lipinski definition) is 1. The molecule has 5 heteroatoms. The van der Waals surface area contributed by atoms with Crippen LogP contribution in [0.5, 0.6) is 0 Å². The Labute approximate surface area is 98.9 Å². The first-order chi connectivity index (χ1) is 8.11. The van der Waals surface area contributed by atoms with Crippen molar-refractivity contribution in [1.82, 2.24) is 0 Å². The van der Waals surface area contributed by atoms with Gasteiger partial charge in [0.1, 0.15) is 0 Å². The highest BCUT2D eigenvalue weighted by Gasteiger charge is 2.21. The van der Waals surface area contributed by atoms with Crippen molar-refractivity contribution in [3.63, 3.8) is 0 Å². The Hall–Kier alpha value is -1.88. The van der Waals surface area contributed by atoms with E-state index in [4.69, 9.17) is 5.11 Å². The summed E-state index contributed by atoms with van der Waals surface area (Å²) >= 11 is 0. The summed E-state index contributed by atoms with van der Waals surface area (Å²) in [5, 5.41) is 9.10. The molecule has 0 aliphatic carbocycles. The molecule has 0 saturated carbocycles. The van der Waals surface area contributed by atoms with E-state index in [1.165, 1.54) is 6.07 Å². The lowest BCUT2D eigenvalue weighted by Gasteiger charge is -2.08. The molecule has 1 aromatic rings. The van der Waals surface area contributed by atoms with Gasteiger partial charge in [0, 0.05) is 0 Å². The van der Waals surface area contributed by atoms with Crippen molar-refractivity contribution in [3.05, 3.63) is 34.9 Å². The lowest BCUT2D eigenvalue weighted by Crippen LogP contribution is -2.14. The normalized spacial score (nSPS) is 10.0. The van der Waals surface area contributed by atoms with Gasteiger partial charge in [-0.15, -0.1) is 0 Å². The van der Waals surface area contributed by atoms with Crippen molar-refractivity contribution in [2.24, 2.45) is 0 Å². The monoisotopic (exact) mass is 238 g/mol. The molecule has 0 spiro atoms. The molecule has 0 aliphatic heterocycles. The van der Waals surface area contributed by atoms with Gasteiger partial charge in [-0.05, 0) is 25.0 Å². The van der Waals surface area contributed by atoms with Crippen molar-refractivity contribution >= 4 is 11.9 Å². The molecule has 0 aliphatic rings. The van der Waals surface area contributed by atoms with E-state index in [1.807, 2.05) is 6.92 Å². The van der Waals surface area contributed by atoms with E-state index in [0.29, 0.717) is 12.0 Å². The molecule has 1 N–H and O–H groups in total. The summed E-state index contributed by atoms with van der Waals surface area (Å²) in [4.78, 5) is 31.7. The standard InChI is InChI=1S/C12H14O5/c1-3-8-6-5-7-9(10(8)11(13)14)12(15)17-16-4-2/h5-7H,3-4H2,1-2H3,(H,13,14). The van der Waals surface area contributed by atoms with Gasteiger partial charge in [0.25, 0.3) is 0 Å². The van der Waals surface area contributed by atoms with E-state index in [2.05, 4.69) is 9.78 Å². The van der Waals surface area contributed by atoms with Crippen molar-refractivity contribution < 1.29 is 24.5 Å². The molecule has 0 aromatic heterocycles. The van der Waals surface area contributed by atoms with Crippen molar-refractivity contribution in [2.75, 3.05) is 6.61 Å². The van der Waals surface area contributed by atoms with E-state index >= 15 is 0 Å². The molecule has 0 radical (unpaired) electrons. The topological polar surface area (TPSA) is 72.8 Å². The van der Waals surface area contributed by atoms with Crippen molar-refractivity contribution in [1.29, 1.82) is 0 Å². The zero-order valence-electron chi connectivity index (χ0n) is 9.73. The molecule has 0 fully saturated rings. The first kappa shape index (κ1) is 13.2. The van der Waals surface area contributed by atoms with E-state index in [0.717, 1.165) is 0 Å². The molecule has 0 atom stereocenters. The van der Waals surface area contributed by atoms with Gasteiger partial charge in [-0.1, -0.05) is 19.1 Å². The third-order valence-corrected chi connectivity index (χ3v) is 2.22. The predicted octanol–water partition coefficient (Wildman–Crippen LogP) is 2.06. The molecule has 0 amide bonds. The second-order valence-electron chi connectivity index (χ2n) is 3.28. The number of carbonyl (C=O) groups is 2. The van der Waals surface area contributed by atoms with Crippen LogP contribution in [0.1, 0.15) is 40.1 Å². The number of carboxylic acids is 1. The molecule has 0 unspecified atom stereocenters. The smallest absolute Gasteiger partial charge is 0.373 e. The third kappa shape index (κ3) is 3.04. The summed E-state index contributed by atoms with van der Waals surface area (Å²) in [6, 6.07) is 4.69. The highest BCUT2D eigenvalue weighted by Crippen LogP contribution is 2.17. The average Bonchev–Trinajstić information content (AvgIpc) is 2.34. The van der Waals surface area contributed by atoms with Gasteiger partial charge < -0.3 is 5.11 Å². The Balaban J connectivity index is 3.14. The van der Waals surface area contributed by atoms with E-state index in [9.17, 15) is 9.59 Å². The van der Waals surface area contributed by atoms with E-state index in [-0.39, 0.29) is 17.7 Å². The Morgan fingerprint density at radius 3 is 2.53 bits per heavy atom. The Morgan fingerprint density at radius 1 is 1.29 bits per heavy atom. The first-order valence-corrected chi connectivity index (χ1v) is 5.30. The third-order valence-electron chi connectivity index (χ3n) is 2.22. The lowest BCUT2D eigenvalue weighted by atomic mass is 9.99. The second kappa shape index (κ2) is 6.00. The Bertz CT molecular complexity index is 425. The minimum atomic E-state index is -1.15. The fourth-order valence-corrected chi connectivity index (χ4v) is 1.47. The number of aromatic carboxylic acids is 1. The van der Waals surface area contributed by atoms with Gasteiger partial charge in [-0.25, -0.2) is 9.59 Å². The molecular weight excluding hydrogens is 224 g/mol. The van der Waals surface area contributed by atoms with Crippen LogP contribution in [0.15, 0.2) is 18.2 Å². The predicted molar refractivity (Wildman–Crippen MR) is 59.8 cm³/mol. The van der Waals surface area contributed by atoms with Crippen LogP contribution >= 0.6 is 0 Å². The molecule has 1 rings (SSSR count). The average molecular weight is 238 g/mol. The molecule has 0 bridgehead atoms. The summed E-state index contributed by atoms with van der Waals surface area (Å²) < 4.78 is 0. The SMILES string of the molecule is CCOOC(=O)c1cccc(CC)c1C(=O)O. The molecule has 0 saturated heterocycles. The lowest BCUT2D eigenvalue weighted by molar-refractivity contribution is -0.236. The Morgan fingerprint density at radius 2 is 2.00 bits per heavy atom. The van der Waals surface area contributed by atoms with Crippen LogP contribution in [-0.2, 0) is 16.2 Å². The molecule has 0 heterocycles. The molecule has 5 nitrogen and oxygen atoms in total. The Kier molecular flexibility index (Phi) is 4.66. The summed E-state index contributed by atoms with van der Waals surface area (Å²) in [5.41, 5.74) is 0.563. The van der Waals surface area contributed by atoms with Gasteiger partial charge in [-0.2, -0.15) is 4.89 Å².